The van der Waals surface area contributed by atoms with Crippen LogP contribution in [0.3, 0.4) is 0 Å². The van der Waals surface area contributed by atoms with Crippen molar-refractivity contribution in [2.24, 2.45) is 0 Å². The summed E-state index contributed by atoms with van der Waals surface area (Å²) in [6.07, 6.45) is 3.81. The molecule has 0 saturated carbocycles. The summed E-state index contributed by atoms with van der Waals surface area (Å²) in [5, 5.41) is 8.31. The van der Waals surface area contributed by atoms with Crippen molar-refractivity contribution in [2.75, 3.05) is 24.6 Å². The molecule has 0 aromatic rings. The minimum Gasteiger partial charge on any atom is -0.342 e. The Morgan fingerprint density at radius 3 is 2.79 bits per heavy atom. The third kappa shape index (κ3) is 4.01. The highest BCUT2D eigenvalue weighted by atomic mass is 32.2. The Bertz CT molecular complexity index is 219. The van der Waals surface area contributed by atoms with Crippen LogP contribution in [-0.2, 0) is 4.79 Å². The number of likely N-dealkylation sites (tertiary alicyclic amines) is 1. The quantitative estimate of drug-likeness (QED) is 0.651. The Balaban J connectivity index is 2.00. The molecule has 1 amide bonds. The second kappa shape index (κ2) is 6.72. The predicted molar refractivity (Wildman–Crippen MR) is 58.0 cm³/mol. The molecule has 0 bridgehead atoms. The number of nitriles is 1. The summed E-state index contributed by atoms with van der Waals surface area (Å²) in [6.45, 7) is 1.88. The van der Waals surface area contributed by atoms with E-state index in [0.717, 1.165) is 38.1 Å². The van der Waals surface area contributed by atoms with Gasteiger partial charge in [0.1, 0.15) is 0 Å². The molecule has 1 aliphatic heterocycles. The molecule has 4 heteroatoms. The van der Waals surface area contributed by atoms with Gasteiger partial charge in [0.25, 0.3) is 0 Å². The molecule has 1 aliphatic rings. The van der Waals surface area contributed by atoms with E-state index in [1.165, 1.54) is 0 Å². The minimum atomic E-state index is 0.268. The Hall–Kier alpha value is -0.690. The Kier molecular flexibility index (Phi) is 5.46. The molecule has 1 rings (SSSR count). The highest BCUT2D eigenvalue weighted by Crippen LogP contribution is 2.11. The van der Waals surface area contributed by atoms with E-state index in [1.54, 1.807) is 11.8 Å². The second-order valence-corrected chi connectivity index (χ2v) is 4.51. The number of hydrogen-bond donors (Lipinski definition) is 0. The molecule has 0 radical (unpaired) electrons. The van der Waals surface area contributed by atoms with Crippen LogP contribution in [-0.4, -0.2) is 35.4 Å². The van der Waals surface area contributed by atoms with Crippen molar-refractivity contribution in [3.8, 4) is 6.07 Å². The maximum Gasteiger partial charge on any atom is 0.232 e. The average Bonchev–Trinajstić information content (AvgIpc) is 2.70. The molecule has 0 aromatic carbocycles. The van der Waals surface area contributed by atoms with Gasteiger partial charge in [-0.1, -0.05) is 0 Å². The predicted octanol–water partition coefficient (Wildman–Crippen LogP) is 1.65. The van der Waals surface area contributed by atoms with E-state index < -0.39 is 0 Å². The van der Waals surface area contributed by atoms with Crippen LogP contribution in [0.2, 0.25) is 0 Å². The van der Waals surface area contributed by atoms with Crippen LogP contribution < -0.4 is 0 Å². The van der Waals surface area contributed by atoms with Gasteiger partial charge in [-0.15, -0.1) is 0 Å². The van der Waals surface area contributed by atoms with E-state index in [-0.39, 0.29) is 5.91 Å². The highest BCUT2D eigenvalue weighted by Gasteiger charge is 2.16. The van der Waals surface area contributed by atoms with Crippen LogP contribution in [0.5, 0.6) is 0 Å². The van der Waals surface area contributed by atoms with Gasteiger partial charge in [-0.2, -0.15) is 17.0 Å². The minimum absolute atomic E-state index is 0.268. The maximum atomic E-state index is 11.5. The fourth-order valence-corrected chi connectivity index (χ4v) is 2.32. The lowest BCUT2D eigenvalue weighted by atomic mass is 10.4. The molecule has 78 valence electrons. The topological polar surface area (TPSA) is 44.1 Å². The van der Waals surface area contributed by atoms with Crippen molar-refractivity contribution in [2.45, 2.75) is 25.7 Å². The molecule has 1 saturated heterocycles. The van der Waals surface area contributed by atoms with Crippen molar-refractivity contribution in [3.63, 3.8) is 0 Å². The third-order valence-corrected chi connectivity index (χ3v) is 3.29. The summed E-state index contributed by atoms with van der Waals surface area (Å²) in [5.41, 5.74) is 0. The van der Waals surface area contributed by atoms with Gasteiger partial charge in [-0.25, -0.2) is 0 Å². The van der Waals surface area contributed by atoms with Crippen molar-refractivity contribution < 1.29 is 4.79 Å². The number of unbranched alkanes of at least 4 members (excludes halogenated alkanes) is 1. The van der Waals surface area contributed by atoms with Gasteiger partial charge in [0.15, 0.2) is 0 Å². The zero-order valence-electron chi connectivity index (χ0n) is 8.37. The fraction of sp³-hybridized carbons (Fsp3) is 0.800. The van der Waals surface area contributed by atoms with Crippen LogP contribution in [0.15, 0.2) is 0 Å². The normalized spacial score (nSPS) is 15.5. The van der Waals surface area contributed by atoms with Gasteiger partial charge in [-0.05, 0) is 25.0 Å². The summed E-state index contributed by atoms with van der Waals surface area (Å²) in [5.74, 6) is 1.78. The van der Waals surface area contributed by atoms with Gasteiger partial charge in [0, 0.05) is 19.5 Å². The summed E-state index contributed by atoms with van der Waals surface area (Å²) >= 11 is 1.65. The Morgan fingerprint density at radius 2 is 2.14 bits per heavy atom. The molecule has 3 nitrogen and oxygen atoms in total. The summed E-state index contributed by atoms with van der Waals surface area (Å²) < 4.78 is 0. The zero-order chi connectivity index (χ0) is 10.2. The summed E-state index contributed by atoms with van der Waals surface area (Å²) in [6, 6.07) is 2.10. The largest absolute Gasteiger partial charge is 0.342 e. The number of thioether (sulfide) groups is 1. The third-order valence-electron chi connectivity index (χ3n) is 2.26. The van der Waals surface area contributed by atoms with E-state index in [9.17, 15) is 4.79 Å². The van der Waals surface area contributed by atoms with Crippen LogP contribution in [0.1, 0.15) is 25.7 Å². The van der Waals surface area contributed by atoms with Crippen LogP contribution in [0, 0.1) is 11.3 Å². The van der Waals surface area contributed by atoms with E-state index >= 15 is 0 Å². The van der Waals surface area contributed by atoms with Crippen molar-refractivity contribution in [3.05, 3.63) is 0 Å². The monoisotopic (exact) mass is 212 g/mol. The number of rotatable bonds is 5. The maximum absolute atomic E-state index is 11.5. The number of amides is 1. The number of nitrogens with zero attached hydrogens (tertiary/aromatic N) is 2. The van der Waals surface area contributed by atoms with E-state index in [2.05, 4.69) is 6.07 Å². The summed E-state index contributed by atoms with van der Waals surface area (Å²) in [7, 11) is 0. The molecule has 0 atom stereocenters. The van der Waals surface area contributed by atoms with Crippen molar-refractivity contribution in [1.29, 1.82) is 5.26 Å². The van der Waals surface area contributed by atoms with E-state index in [1.807, 2.05) is 4.90 Å². The first-order chi connectivity index (χ1) is 6.84. The first kappa shape index (κ1) is 11.4. The van der Waals surface area contributed by atoms with Gasteiger partial charge >= 0.3 is 0 Å². The zero-order valence-corrected chi connectivity index (χ0v) is 9.18. The molecule has 0 aliphatic carbocycles. The molecule has 1 heterocycles. The van der Waals surface area contributed by atoms with Crippen molar-refractivity contribution in [1.82, 2.24) is 4.90 Å². The van der Waals surface area contributed by atoms with E-state index in [0.29, 0.717) is 12.2 Å². The van der Waals surface area contributed by atoms with Crippen LogP contribution >= 0.6 is 11.8 Å². The molecule has 1 fully saturated rings. The molecular formula is C10H16N2OS. The molecule has 14 heavy (non-hydrogen) atoms. The van der Waals surface area contributed by atoms with Gasteiger partial charge in [-0.3, -0.25) is 4.79 Å². The van der Waals surface area contributed by atoms with Crippen LogP contribution in [0.4, 0.5) is 0 Å². The fourth-order valence-electron chi connectivity index (χ4n) is 1.47. The van der Waals surface area contributed by atoms with Crippen molar-refractivity contribution >= 4 is 17.7 Å². The lowest BCUT2D eigenvalue weighted by molar-refractivity contribution is -0.127. The standard InChI is InChI=1S/C10H16N2OS/c11-5-1-4-8-14-9-10(13)12-6-2-3-7-12/h1-4,6-9H2. The molecular weight excluding hydrogens is 196 g/mol. The molecule has 0 aromatic heterocycles. The lowest BCUT2D eigenvalue weighted by Gasteiger charge is -2.14. The first-order valence-corrected chi connectivity index (χ1v) is 6.22. The second-order valence-electron chi connectivity index (χ2n) is 3.40. The smallest absolute Gasteiger partial charge is 0.232 e. The van der Waals surface area contributed by atoms with Crippen LogP contribution in [0.25, 0.3) is 0 Å². The first-order valence-electron chi connectivity index (χ1n) is 5.07. The molecule has 0 N–H and O–H groups in total. The Morgan fingerprint density at radius 1 is 1.43 bits per heavy atom. The Labute approximate surface area is 89.5 Å². The van der Waals surface area contributed by atoms with Gasteiger partial charge < -0.3 is 4.90 Å². The number of carbonyl (C=O) groups is 1. The number of hydrogen-bond acceptors (Lipinski definition) is 3. The average molecular weight is 212 g/mol. The molecule has 0 unspecified atom stereocenters. The molecule has 0 spiro atoms. The number of carbonyl (C=O) groups excluding carboxylic acids is 1. The summed E-state index contributed by atoms with van der Waals surface area (Å²) in [4.78, 5) is 13.5. The van der Waals surface area contributed by atoms with Gasteiger partial charge in [0.05, 0.1) is 11.8 Å². The highest BCUT2D eigenvalue weighted by molar-refractivity contribution is 7.99. The van der Waals surface area contributed by atoms with E-state index in [4.69, 9.17) is 5.26 Å². The lowest BCUT2D eigenvalue weighted by Crippen LogP contribution is -2.29. The SMILES string of the molecule is N#CCCCSCC(=O)N1CCCC1. The van der Waals surface area contributed by atoms with Gasteiger partial charge in [0.2, 0.25) is 5.91 Å².